The van der Waals surface area contributed by atoms with Gasteiger partial charge in [-0.2, -0.15) is 0 Å². The SMILES string of the molecule is CC[C@H](C)NC(=O)[C@H](Cc1ccccc1)N(Cc1cccc(OC)c1)C(=O)CCCN1C(=O)c2ccccc2C1=O. The number of imide groups is 1. The Hall–Kier alpha value is -4.46. The maximum atomic E-state index is 13.9. The molecule has 214 valence electrons. The highest BCUT2D eigenvalue weighted by atomic mass is 16.5. The van der Waals surface area contributed by atoms with E-state index in [1.165, 1.54) is 4.90 Å². The summed E-state index contributed by atoms with van der Waals surface area (Å²) in [7, 11) is 1.58. The molecule has 41 heavy (non-hydrogen) atoms. The monoisotopic (exact) mass is 555 g/mol. The molecule has 3 aromatic rings. The molecule has 0 saturated heterocycles. The van der Waals surface area contributed by atoms with Crippen molar-refractivity contribution in [3.63, 3.8) is 0 Å². The Balaban J connectivity index is 1.56. The Morgan fingerprint density at radius 3 is 2.17 bits per heavy atom. The number of carbonyl (C=O) groups is 4. The van der Waals surface area contributed by atoms with Crippen LogP contribution in [0, 0.1) is 0 Å². The van der Waals surface area contributed by atoms with Crippen molar-refractivity contribution in [1.82, 2.24) is 15.1 Å². The lowest BCUT2D eigenvalue weighted by atomic mass is 10.0. The van der Waals surface area contributed by atoms with Gasteiger partial charge in [0.1, 0.15) is 11.8 Å². The van der Waals surface area contributed by atoms with Crippen molar-refractivity contribution in [2.45, 2.75) is 58.2 Å². The van der Waals surface area contributed by atoms with Crippen LogP contribution in [-0.4, -0.2) is 59.2 Å². The fourth-order valence-electron chi connectivity index (χ4n) is 4.94. The van der Waals surface area contributed by atoms with E-state index >= 15 is 0 Å². The van der Waals surface area contributed by atoms with E-state index in [0.29, 0.717) is 23.3 Å². The number of nitrogens with zero attached hydrogens (tertiary/aromatic N) is 2. The average molecular weight is 556 g/mol. The van der Waals surface area contributed by atoms with E-state index in [-0.39, 0.29) is 55.6 Å². The third-order valence-corrected chi connectivity index (χ3v) is 7.41. The van der Waals surface area contributed by atoms with Gasteiger partial charge in [-0.15, -0.1) is 0 Å². The van der Waals surface area contributed by atoms with E-state index in [4.69, 9.17) is 4.74 Å². The summed E-state index contributed by atoms with van der Waals surface area (Å²) in [5.74, 6) is -0.490. The molecule has 0 saturated carbocycles. The van der Waals surface area contributed by atoms with Crippen LogP contribution in [0.15, 0.2) is 78.9 Å². The van der Waals surface area contributed by atoms with Crippen molar-refractivity contribution in [3.8, 4) is 5.75 Å². The number of methoxy groups -OCH3 is 1. The van der Waals surface area contributed by atoms with E-state index in [9.17, 15) is 19.2 Å². The second kappa shape index (κ2) is 13.7. The molecule has 8 nitrogen and oxygen atoms in total. The summed E-state index contributed by atoms with van der Waals surface area (Å²) in [4.78, 5) is 55.9. The van der Waals surface area contributed by atoms with Gasteiger partial charge in [0.25, 0.3) is 11.8 Å². The molecule has 1 N–H and O–H groups in total. The van der Waals surface area contributed by atoms with Crippen LogP contribution >= 0.6 is 0 Å². The normalized spacial score (nSPS) is 13.9. The number of hydrogen-bond acceptors (Lipinski definition) is 5. The summed E-state index contributed by atoms with van der Waals surface area (Å²) in [6, 6.07) is 23.0. The first-order valence-corrected chi connectivity index (χ1v) is 14.0. The molecule has 1 aliphatic rings. The fraction of sp³-hybridized carbons (Fsp3) is 0.333. The van der Waals surface area contributed by atoms with Crippen LogP contribution in [0.1, 0.15) is 65.0 Å². The first kappa shape index (κ1) is 29.5. The summed E-state index contributed by atoms with van der Waals surface area (Å²) in [5.41, 5.74) is 2.53. The molecule has 1 heterocycles. The van der Waals surface area contributed by atoms with Gasteiger partial charge >= 0.3 is 0 Å². The average Bonchev–Trinajstić information content (AvgIpc) is 3.24. The summed E-state index contributed by atoms with van der Waals surface area (Å²) < 4.78 is 5.38. The van der Waals surface area contributed by atoms with E-state index in [1.807, 2.05) is 68.4 Å². The lowest BCUT2D eigenvalue weighted by Crippen LogP contribution is -2.52. The van der Waals surface area contributed by atoms with Crippen molar-refractivity contribution >= 4 is 23.6 Å². The van der Waals surface area contributed by atoms with Gasteiger partial charge in [-0.25, -0.2) is 0 Å². The summed E-state index contributed by atoms with van der Waals surface area (Å²) >= 11 is 0. The van der Waals surface area contributed by atoms with Gasteiger partial charge in [0, 0.05) is 32.0 Å². The highest BCUT2D eigenvalue weighted by Gasteiger charge is 2.35. The van der Waals surface area contributed by atoms with Crippen LogP contribution in [0.25, 0.3) is 0 Å². The molecule has 4 rings (SSSR count). The zero-order chi connectivity index (χ0) is 29.4. The summed E-state index contributed by atoms with van der Waals surface area (Å²) in [5, 5.41) is 3.06. The Labute approximate surface area is 241 Å². The van der Waals surface area contributed by atoms with E-state index in [1.54, 1.807) is 36.3 Å². The van der Waals surface area contributed by atoms with Crippen LogP contribution in [0.3, 0.4) is 0 Å². The molecule has 0 aromatic heterocycles. The molecule has 0 spiro atoms. The number of fused-ring (bicyclic) bond motifs is 1. The van der Waals surface area contributed by atoms with Crippen LogP contribution in [0.5, 0.6) is 5.75 Å². The fourth-order valence-corrected chi connectivity index (χ4v) is 4.94. The number of ether oxygens (including phenoxy) is 1. The number of carbonyl (C=O) groups excluding carboxylic acids is 4. The zero-order valence-corrected chi connectivity index (χ0v) is 23.8. The molecule has 1 aliphatic heterocycles. The number of amides is 4. The van der Waals surface area contributed by atoms with E-state index in [0.717, 1.165) is 17.5 Å². The molecule has 2 atom stereocenters. The third-order valence-electron chi connectivity index (χ3n) is 7.41. The summed E-state index contributed by atoms with van der Waals surface area (Å²) in [6.45, 7) is 4.26. The van der Waals surface area contributed by atoms with Crippen LogP contribution in [-0.2, 0) is 22.6 Å². The van der Waals surface area contributed by atoms with Crippen molar-refractivity contribution in [2.75, 3.05) is 13.7 Å². The Morgan fingerprint density at radius 1 is 0.902 bits per heavy atom. The zero-order valence-electron chi connectivity index (χ0n) is 23.8. The first-order valence-electron chi connectivity index (χ1n) is 14.0. The topological polar surface area (TPSA) is 96.0 Å². The van der Waals surface area contributed by atoms with Crippen LogP contribution < -0.4 is 10.1 Å². The number of rotatable bonds is 13. The molecule has 0 radical (unpaired) electrons. The van der Waals surface area contributed by atoms with E-state index in [2.05, 4.69) is 5.32 Å². The minimum atomic E-state index is -0.760. The Morgan fingerprint density at radius 2 is 1.54 bits per heavy atom. The lowest BCUT2D eigenvalue weighted by Gasteiger charge is -2.32. The quantitative estimate of drug-likeness (QED) is 0.311. The van der Waals surface area contributed by atoms with Crippen LogP contribution in [0.4, 0.5) is 0 Å². The maximum absolute atomic E-state index is 13.9. The second-order valence-electron chi connectivity index (χ2n) is 10.3. The third kappa shape index (κ3) is 7.20. The molecule has 0 aliphatic carbocycles. The molecular weight excluding hydrogens is 518 g/mol. The van der Waals surface area contributed by atoms with E-state index < -0.39 is 6.04 Å². The Bertz CT molecular complexity index is 1360. The lowest BCUT2D eigenvalue weighted by molar-refractivity contribution is -0.141. The molecule has 3 aromatic carbocycles. The Kier molecular flexibility index (Phi) is 9.90. The second-order valence-corrected chi connectivity index (χ2v) is 10.3. The van der Waals surface area contributed by atoms with Gasteiger partial charge in [-0.05, 0) is 55.2 Å². The molecule has 0 fully saturated rings. The largest absolute Gasteiger partial charge is 0.497 e. The van der Waals surface area contributed by atoms with Crippen molar-refractivity contribution < 1.29 is 23.9 Å². The van der Waals surface area contributed by atoms with Gasteiger partial charge < -0.3 is 15.0 Å². The van der Waals surface area contributed by atoms with Gasteiger partial charge in [-0.1, -0.05) is 61.5 Å². The molecule has 0 unspecified atom stereocenters. The highest BCUT2D eigenvalue weighted by Crippen LogP contribution is 2.24. The van der Waals surface area contributed by atoms with Gasteiger partial charge in [0.2, 0.25) is 11.8 Å². The van der Waals surface area contributed by atoms with Crippen molar-refractivity contribution in [3.05, 3.63) is 101 Å². The first-order chi connectivity index (χ1) is 19.8. The van der Waals surface area contributed by atoms with Crippen molar-refractivity contribution in [1.29, 1.82) is 0 Å². The molecule has 0 bridgehead atoms. The molecule has 4 amide bonds. The molecular formula is C33H37N3O5. The smallest absolute Gasteiger partial charge is 0.261 e. The predicted octanol–water partition coefficient (Wildman–Crippen LogP) is 4.63. The minimum absolute atomic E-state index is 0.0524. The molecule has 8 heteroatoms. The number of hydrogen-bond donors (Lipinski definition) is 1. The van der Waals surface area contributed by atoms with Gasteiger partial charge in [0.15, 0.2) is 0 Å². The van der Waals surface area contributed by atoms with Crippen molar-refractivity contribution in [2.24, 2.45) is 0 Å². The number of benzene rings is 3. The predicted molar refractivity (Wildman–Crippen MR) is 156 cm³/mol. The van der Waals surface area contributed by atoms with Gasteiger partial charge in [-0.3, -0.25) is 24.1 Å². The highest BCUT2D eigenvalue weighted by molar-refractivity contribution is 6.21. The number of nitrogens with one attached hydrogen (secondary N) is 1. The maximum Gasteiger partial charge on any atom is 0.261 e. The van der Waals surface area contributed by atoms with Crippen LogP contribution in [0.2, 0.25) is 0 Å². The summed E-state index contributed by atoms with van der Waals surface area (Å²) in [6.07, 6.45) is 1.45. The minimum Gasteiger partial charge on any atom is -0.497 e. The van der Waals surface area contributed by atoms with Gasteiger partial charge in [0.05, 0.1) is 18.2 Å². The standard InChI is InChI=1S/C33H37N3O5/c1-4-23(2)34-31(38)29(21-24-12-6-5-7-13-24)36(22-25-14-10-15-26(20-25)41-3)30(37)18-11-19-35-32(39)27-16-8-9-17-28(27)33(35)40/h5-10,12-17,20,23,29H,4,11,18-19,21-22H2,1-3H3,(H,34,38)/t23-,29-/m0/s1.